The molecule has 2 heterocycles. The first kappa shape index (κ1) is 11.8. The van der Waals surface area contributed by atoms with Crippen molar-refractivity contribution in [2.75, 3.05) is 24.7 Å². The Morgan fingerprint density at radius 1 is 1.39 bits per heavy atom. The van der Waals surface area contributed by atoms with Crippen LogP contribution in [-0.2, 0) is 4.74 Å². The van der Waals surface area contributed by atoms with Crippen LogP contribution < -0.4 is 10.6 Å². The molecule has 1 saturated heterocycles. The van der Waals surface area contributed by atoms with Crippen LogP contribution >= 0.6 is 11.6 Å². The summed E-state index contributed by atoms with van der Waals surface area (Å²) in [5, 5.41) is 0.710. The second kappa shape index (κ2) is 4.78. The fraction of sp³-hybridized carbons (Fsp3) is 0.462. The molecule has 0 amide bonds. The van der Waals surface area contributed by atoms with Gasteiger partial charge in [-0.1, -0.05) is 23.7 Å². The van der Waals surface area contributed by atoms with Crippen LogP contribution in [0, 0.1) is 5.92 Å². The lowest BCUT2D eigenvalue weighted by atomic mass is 9.98. The maximum absolute atomic E-state index is 6.26. The van der Waals surface area contributed by atoms with Crippen molar-refractivity contribution in [1.29, 1.82) is 0 Å². The fourth-order valence-electron chi connectivity index (χ4n) is 2.68. The highest BCUT2D eigenvalue weighted by Gasteiger charge is 2.36. The van der Waals surface area contributed by atoms with Crippen LogP contribution in [0.15, 0.2) is 29.3 Å². The molecule has 0 aromatic heterocycles. The van der Waals surface area contributed by atoms with Gasteiger partial charge in [0, 0.05) is 12.5 Å². The van der Waals surface area contributed by atoms with Crippen molar-refractivity contribution < 1.29 is 4.74 Å². The summed E-state index contributed by atoms with van der Waals surface area (Å²) in [7, 11) is 0. The van der Waals surface area contributed by atoms with Crippen LogP contribution in [0.4, 0.5) is 5.69 Å². The number of guanidine groups is 1. The van der Waals surface area contributed by atoms with E-state index in [4.69, 9.17) is 22.1 Å². The Morgan fingerprint density at radius 2 is 2.22 bits per heavy atom. The smallest absolute Gasteiger partial charge is 0.196 e. The summed E-state index contributed by atoms with van der Waals surface area (Å²) in [4.78, 5) is 6.42. The summed E-state index contributed by atoms with van der Waals surface area (Å²) in [6, 6.07) is 8.02. The van der Waals surface area contributed by atoms with E-state index in [1.54, 1.807) is 0 Å². The van der Waals surface area contributed by atoms with E-state index in [0.29, 0.717) is 16.9 Å². The van der Waals surface area contributed by atoms with Crippen LogP contribution in [0.25, 0.3) is 0 Å². The van der Waals surface area contributed by atoms with Gasteiger partial charge in [-0.25, -0.2) is 0 Å². The zero-order valence-electron chi connectivity index (χ0n) is 10.1. The lowest BCUT2D eigenvalue weighted by molar-refractivity contribution is 0.182. The minimum Gasteiger partial charge on any atom is -0.381 e. The molecule has 2 atom stereocenters. The number of aliphatic imine (C=N–C) groups is 1. The molecule has 0 spiro atoms. The SMILES string of the molecule is NC1=NCC(C2CCOC2)N1c1ccccc1Cl. The van der Waals surface area contributed by atoms with Crippen LogP contribution in [0.5, 0.6) is 0 Å². The minimum atomic E-state index is 0.271. The molecule has 0 radical (unpaired) electrons. The van der Waals surface area contributed by atoms with Crippen molar-refractivity contribution in [3.63, 3.8) is 0 Å². The molecule has 0 saturated carbocycles. The van der Waals surface area contributed by atoms with E-state index in [-0.39, 0.29) is 6.04 Å². The second-order valence-corrected chi connectivity index (χ2v) is 5.12. The van der Waals surface area contributed by atoms with Crippen LogP contribution in [-0.4, -0.2) is 31.8 Å². The number of anilines is 1. The Balaban J connectivity index is 1.92. The number of hydrogen-bond acceptors (Lipinski definition) is 4. The number of halogens is 1. The predicted octanol–water partition coefficient (Wildman–Crippen LogP) is 1.88. The molecule has 4 nitrogen and oxygen atoms in total. The third kappa shape index (κ3) is 1.95. The molecular formula is C13H16ClN3O. The highest BCUT2D eigenvalue weighted by Crippen LogP contribution is 2.33. The number of nitrogens with zero attached hydrogens (tertiary/aromatic N) is 2. The van der Waals surface area contributed by atoms with Gasteiger partial charge in [-0.15, -0.1) is 0 Å². The average Bonchev–Trinajstić information content (AvgIpc) is 2.99. The average molecular weight is 266 g/mol. The Labute approximate surface area is 111 Å². The summed E-state index contributed by atoms with van der Waals surface area (Å²) in [5.74, 6) is 1.03. The lowest BCUT2D eigenvalue weighted by Crippen LogP contribution is -2.45. The molecule has 2 aliphatic rings. The molecule has 18 heavy (non-hydrogen) atoms. The molecule has 2 N–H and O–H groups in total. The molecule has 1 fully saturated rings. The zero-order chi connectivity index (χ0) is 12.5. The Bertz CT molecular complexity index is 471. The third-order valence-corrected chi connectivity index (χ3v) is 3.96. The Hall–Kier alpha value is -1.26. The van der Waals surface area contributed by atoms with Gasteiger partial charge < -0.3 is 15.4 Å². The number of para-hydroxylation sites is 1. The van der Waals surface area contributed by atoms with Gasteiger partial charge >= 0.3 is 0 Å². The molecule has 0 aliphatic carbocycles. The largest absolute Gasteiger partial charge is 0.381 e. The van der Waals surface area contributed by atoms with Crippen molar-refractivity contribution in [3.05, 3.63) is 29.3 Å². The van der Waals surface area contributed by atoms with Gasteiger partial charge in [-0.3, -0.25) is 4.99 Å². The van der Waals surface area contributed by atoms with Gasteiger partial charge in [-0.05, 0) is 18.6 Å². The standard InChI is InChI=1S/C13H16ClN3O/c14-10-3-1-2-4-11(10)17-12(7-16-13(17)15)9-5-6-18-8-9/h1-4,9,12H,5-8H2,(H2,15,16). The van der Waals surface area contributed by atoms with Gasteiger partial charge in [0.1, 0.15) is 0 Å². The van der Waals surface area contributed by atoms with Gasteiger partial charge in [0.2, 0.25) is 0 Å². The molecule has 96 valence electrons. The summed E-state index contributed by atoms with van der Waals surface area (Å²) >= 11 is 6.26. The monoisotopic (exact) mass is 265 g/mol. The summed E-state index contributed by atoms with van der Waals surface area (Å²) in [6.07, 6.45) is 1.06. The second-order valence-electron chi connectivity index (χ2n) is 4.71. The molecule has 1 aromatic rings. The van der Waals surface area contributed by atoms with E-state index in [1.807, 2.05) is 24.3 Å². The highest BCUT2D eigenvalue weighted by atomic mass is 35.5. The number of ether oxygens (including phenoxy) is 1. The number of hydrogen-bond donors (Lipinski definition) is 1. The van der Waals surface area contributed by atoms with Crippen molar-refractivity contribution in [1.82, 2.24) is 0 Å². The molecular weight excluding hydrogens is 250 g/mol. The molecule has 5 heteroatoms. The van der Waals surface area contributed by atoms with Crippen molar-refractivity contribution >= 4 is 23.2 Å². The van der Waals surface area contributed by atoms with Gasteiger partial charge in [0.05, 0.1) is 29.9 Å². The molecule has 2 unspecified atom stereocenters. The first-order valence-electron chi connectivity index (χ1n) is 6.19. The molecule has 1 aromatic carbocycles. The number of nitrogens with two attached hydrogens (primary N) is 1. The van der Waals surface area contributed by atoms with Crippen molar-refractivity contribution in [3.8, 4) is 0 Å². The van der Waals surface area contributed by atoms with E-state index < -0.39 is 0 Å². The highest BCUT2D eigenvalue weighted by molar-refractivity contribution is 6.33. The van der Waals surface area contributed by atoms with Crippen LogP contribution in [0.3, 0.4) is 0 Å². The maximum Gasteiger partial charge on any atom is 0.196 e. The van der Waals surface area contributed by atoms with Crippen LogP contribution in [0.2, 0.25) is 5.02 Å². The fourth-order valence-corrected chi connectivity index (χ4v) is 2.91. The Morgan fingerprint density at radius 3 is 2.94 bits per heavy atom. The molecule has 3 rings (SSSR count). The van der Waals surface area contributed by atoms with Crippen molar-refractivity contribution in [2.24, 2.45) is 16.6 Å². The first-order chi connectivity index (χ1) is 8.77. The lowest BCUT2D eigenvalue weighted by Gasteiger charge is -2.30. The first-order valence-corrected chi connectivity index (χ1v) is 6.56. The number of rotatable bonds is 2. The van der Waals surface area contributed by atoms with Gasteiger partial charge in [0.15, 0.2) is 5.96 Å². The summed E-state index contributed by atoms with van der Waals surface area (Å²) in [5.41, 5.74) is 6.95. The zero-order valence-corrected chi connectivity index (χ0v) is 10.8. The quantitative estimate of drug-likeness (QED) is 0.888. The van der Waals surface area contributed by atoms with Crippen LogP contribution in [0.1, 0.15) is 6.42 Å². The maximum atomic E-state index is 6.26. The molecule has 0 bridgehead atoms. The predicted molar refractivity (Wildman–Crippen MR) is 73.1 cm³/mol. The third-order valence-electron chi connectivity index (χ3n) is 3.64. The van der Waals surface area contributed by atoms with E-state index in [9.17, 15) is 0 Å². The number of benzene rings is 1. The minimum absolute atomic E-state index is 0.271. The normalized spacial score (nSPS) is 27.6. The van der Waals surface area contributed by atoms with E-state index in [0.717, 1.165) is 31.9 Å². The van der Waals surface area contributed by atoms with Gasteiger partial charge in [0.25, 0.3) is 0 Å². The summed E-state index contributed by atoms with van der Waals surface area (Å²) < 4.78 is 5.47. The molecule has 2 aliphatic heterocycles. The van der Waals surface area contributed by atoms with E-state index in [2.05, 4.69) is 9.89 Å². The summed E-state index contributed by atoms with van der Waals surface area (Å²) in [6.45, 7) is 2.34. The Kier molecular flexibility index (Phi) is 3.14. The topological polar surface area (TPSA) is 50.9 Å². The van der Waals surface area contributed by atoms with E-state index >= 15 is 0 Å². The van der Waals surface area contributed by atoms with E-state index in [1.165, 1.54) is 0 Å². The van der Waals surface area contributed by atoms with Crippen molar-refractivity contribution in [2.45, 2.75) is 12.5 Å². The van der Waals surface area contributed by atoms with Gasteiger partial charge in [-0.2, -0.15) is 0 Å².